The van der Waals surface area contributed by atoms with Crippen molar-refractivity contribution in [2.24, 2.45) is 5.92 Å². The minimum absolute atomic E-state index is 0.0948. The predicted molar refractivity (Wildman–Crippen MR) is 67.0 cm³/mol. The number of hydrogen-bond donors (Lipinski definition) is 1. The van der Waals surface area contributed by atoms with Crippen LogP contribution >= 0.6 is 0 Å². The van der Waals surface area contributed by atoms with Crippen molar-refractivity contribution in [1.29, 1.82) is 0 Å². The van der Waals surface area contributed by atoms with Crippen LogP contribution in [0.1, 0.15) is 43.9 Å². The molecule has 0 fully saturated rings. The van der Waals surface area contributed by atoms with Crippen LogP contribution < -0.4 is 5.32 Å². The first-order valence-electron chi connectivity index (χ1n) is 6.01. The Labute approximate surface area is 98.1 Å². The van der Waals surface area contributed by atoms with E-state index in [1.807, 2.05) is 26.1 Å². The Balaban J connectivity index is 2.86. The summed E-state index contributed by atoms with van der Waals surface area (Å²) in [5, 5.41) is 3.20. The lowest BCUT2D eigenvalue weighted by molar-refractivity contribution is 0.410. The maximum absolute atomic E-state index is 13.8. The van der Waals surface area contributed by atoms with Crippen LogP contribution in [0.15, 0.2) is 18.2 Å². The van der Waals surface area contributed by atoms with E-state index in [4.69, 9.17) is 0 Å². The third-order valence-corrected chi connectivity index (χ3v) is 3.21. The minimum Gasteiger partial charge on any atom is -0.313 e. The van der Waals surface area contributed by atoms with Gasteiger partial charge < -0.3 is 5.32 Å². The van der Waals surface area contributed by atoms with E-state index in [9.17, 15) is 4.39 Å². The molecule has 0 aromatic heterocycles. The Bertz CT molecular complexity index is 336. The molecule has 1 rings (SSSR count). The van der Waals surface area contributed by atoms with Gasteiger partial charge in [0.15, 0.2) is 0 Å². The Morgan fingerprint density at radius 3 is 2.56 bits per heavy atom. The lowest BCUT2D eigenvalue weighted by atomic mass is 9.93. The normalized spacial score (nSPS) is 14.8. The lowest BCUT2D eigenvalue weighted by Gasteiger charge is -2.21. The van der Waals surface area contributed by atoms with E-state index in [1.54, 1.807) is 6.07 Å². The molecule has 1 aromatic rings. The Hall–Kier alpha value is -0.890. The fraction of sp³-hybridized carbons (Fsp3) is 0.571. The molecular formula is C14H22FN. The number of nitrogens with one attached hydrogen (secondary N) is 1. The van der Waals surface area contributed by atoms with E-state index >= 15 is 0 Å². The summed E-state index contributed by atoms with van der Waals surface area (Å²) >= 11 is 0. The SMILES string of the molecule is CCC(C)CC(NC)c1ccc(C)cc1F. The van der Waals surface area contributed by atoms with Gasteiger partial charge in [-0.3, -0.25) is 0 Å². The Kier molecular flexibility index (Phi) is 4.94. The summed E-state index contributed by atoms with van der Waals surface area (Å²) in [4.78, 5) is 0. The second kappa shape index (κ2) is 6.00. The summed E-state index contributed by atoms with van der Waals surface area (Å²) in [6, 6.07) is 5.60. The number of benzene rings is 1. The van der Waals surface area contributed by atoms with Crippen LogP contribution in [0.25, 0.3) is 0 Å². The summed E-state index contributed by atoms with van der Waals surface area (Å²) in [6.45, 7) is 6.29. The van der Waals surface area contributed by atoms with Gasteiger partial charge in [0, 0.05) is 11.6 Å². The Morgan fingerprint density at radius 2 is 2.06 bits per heavy atom. The molecule has 0 heterocycles. The molecule has 0 radical (unpaired) electrons. The molecule has 0 saturated heterocycles. The fourth-order valence-electron chi connectivity index (χ4n) is 1.88. The van der Waals surface area contributed by atoms with Crippen LogP contribution in [0.5, 0.6) is 0 Å². The molecule has 0 amide bonds. The van der Waals surface area contributed by atoms with E-state index in [2.05, 4.69) is 19.2 Å². The molecule has 0 spiro atoms. The first kappa shape index (κ1) is 13.2. The molecule has 1 nitrogen and oxygen atoms in total. The minimum atomic E-state index is -0.0948. The van der Waals surface area contributed by atoms with Crippen molar-refractivity contribution in [3.8, 4) is 0 Å². The van der Waals surface area contributed by atoms with E-state index in [0.717, 1.165) is 24.0 Å². The van der Waals surface area contributed by atoms with Crippen molar-refractivity contribution in [3.63, 3.8) is 0 Å². The average Bonchev–Trinajstić information content (AvgIpc) is 2.26. The molecular weight excluding hydrogens is 201 g/mol. The zero-order valence-electron chi connectivity index (χ0n) is 10.7. The smallest absolute Gasteiger partial charge is 0.128 e. The molecule has 16 heavy (non-hydrogen) atoms. The first-order chi connectivity index (χ1) is 7.58. The van der Waals surface area contributed by atoms with Gasteiger partial charge in [-0.25, -0.2) is 4.39 Å². The maximum Gasteiger partial charge on any atom is 0.128 e. The van der Waals surface area contributed by atoms with Crippen molar-refractivity contribution in [2.75, 3.05) is 7.05 Å². The number of rotatable bonds is 5. The number of hydrogen-bond acceptors (Lipinski definition) is 1. The second-order valence-electron chi connectivity index (χ2n) is 4.62. The molecule has 0 aliphatic carbocycles. The molecule has 0 aliphatic heterocycles. The monoisotopic (exact) mass is 223 g/mol. The molecule has 2 unspecified atom stereocenters. The fourth-order valence-corrected chi connectivity index (χ4v) is 1.88. The average molecular weight is 223 g/mol. The maximum atomic E-state index is 13.8. The van der Waals surface area contributed by atoms with Gasteiger partial charge in [0.1, 0.15) is 5.82 Å². The van der Waals surface area contributed by atoms with Gasteiger partial charge in [0.05, 0.1) is 0 Å². The summed E-state index contributed by atoms with van der Waals surface area (Å²) in [5.41, 5.74) is 1.76. The van der Waals surface area contributed by atoms with Crippen LogP contribution in [0.4, 0.5) is 4.39 Å². The van der Waals surface area contributed by atoms with Crippen molar-refractivity contribution >= 4 is 0 Å². The van der Waals surface area contributed by atoms with Crippen LogP contribution in [0, 0.1) is 18.7 Å². The quantitative estimate of drug-likeness (QED) is 0.800. The van der Waals surface area contributed by atoms with Gasteiger partial charge in [-0.2, -0.15) is 0 Å². The number of halogens is 1. The summed E-state index contributed by atoms with van der Waals surface area (Å²) in [5.74, 6) is 0.515. The zero-order valence-corrected chi connectivity index (χ0v) is 10.7. The van der Waals surface area contributed by atoms with Crippen LogP contribution in [-0.4, -0.2) is 7.05 Å². The van der Waals surface area contributed by atoms with Gasteiger partial charge in [0.25, 0.3) is 0 Å². The third kappa shape index (κ3) is 3.31. The highest BCUT2D eigenvalue weighted by molar-refractivity contribution is 5.26. The van der Waals surface area contributed by atoms with Gasteiger partial charge in [-0.1, -0.05) is 32.4 Å². The van der Waals surface area contributed by atoms with Crippen molar-refractivity contribution in [1.82, 2.24) is 5.32 Å². The number of aryl methyl sites for hydroxylation is 1. The van der Waals surface area contributed by atoms with Crippen LogP contribution in [0.2, 0.25) is 0 Å². The predicted octanol–water partition coefficient (Wildman–Crippen LogP) is 3.83. The van der Waals surface area contributed by atoms with Gasteiger partial charge in [-0.15, -0.1) is 0 Å². The molecule has 0 aliphatic rings. The van der Waals surface area contributed by atoms with Crippen molar-refractivity contribution < 1.29 is 4.39 Å². The topological polar surface area (TPSA) is 12.0 Å². The highest BCUT2D eigenvalue weighted by Gasteiger charge is 2.16. The van der Waals surface area contributed by atoms with Crippen LogP contribution in [-0.2, 0) is 0 Å². The third-order valence-electron chi connectivity index (χ3n) is 3.21. The van der Waals surface area contributed by atoms with E-state index in [0.29, 0.717) is 5.92 Å². The molecule has 90 valence electrons. The Morgan fingerprint density at radius 1 is 1.38 bits per heavy atom. The molecule has 1 N–H and O–H groups in total. The molecule has 2 heteroatoms. The van der Waals surface area contributed by atoms with E-state index in [-0.39, 0.29) is 11.9 Å². The largest absolute Gasteiger partial charge is 0.313 e. The second-order valence-corrected chi connectivity index (χ2v) is 4.62. The van der Waals surface area contributed by atoms with Gasteiger partial charge in [0.2, 0.25) is 0 Å². The lowest BCUT2D eigenvalue weighted by Crippen LogP contribution is -2.20. The summed E-state index contributed by atoms with van der Waals surface area (Å²) in [7, 11) is 1.90. The van der Waals surface area contributed by atoms with Gasteiger partial charge in [-0.05, 0) is 37.9 Å². The summed E-state index contributed by atoms with van der Waals surface area (Å²) in [6.07, 6.45) is 2.11. The zero-order chi connectivity index (χ0) is 12.1. The van der Waals surface area contributed by atoms with E-state index < -0.39 is 0 Å². The van der Waals surface area contributed by atoms with E-state index in [1.165, 1.54) is 0 Å². The van der Waals surface area contributed by atoms with Crippen LogP contribution in [0.3, 0.4) is 0 Å². The van der Waals surface area contributed by atoms with Crippen molar-refractivity contribution in [2.45, 2.75) is 39.7 Å². The van der Waals surface area contributed by atoms with Gasteiger partial charge >= 0.3 is 0 Å². The molecule has 0 bridgehead atoms. The molecule has 2 atom stereocenters. The molecule has 0 saturated carbocycles. The van der Waals surface area contributed by atoms with Crippen molar-refractivity contribution in [3.05, 3.63) is 35.1 Å². The first-order valence-corrected chi connectivity index (χ1v) is 6.01. The standard InChI is InChI=1S/C14H22FN/c1-5-10(2)9-14(16-4)12-7-6-11(3)8-13(12)15/h6-8,10,14,16H,5,9H2,1-4H3. The molecule has 1 aromatic carbocycles. The highest BCUT2D eigenvalue weighted by Crippen LogP contribution is 2.25. The summed E-state index contributed by atoms with van der Waals surface area (Å²) < 4.78 is 13.8. The highest BCUT2D eigenvalue weighted by atomic mass is 19.1.